The number of rotatable bonds is 3. The number of aliphatic carboxylic acids is 1. The van der Waals surface area contributed by atoms with E-state index in [1.165, 1.54) is 0 Å². The van der Waals surface area contributed by atoms with E-state index in [1.54, 1.807) is 0 Å². The van der Waals surface area contributed by atoms with E-state index in [1.807, 2.05) is 37.3 Å². The van der Waals surface area contributed by atoms with Gasteiger partial charge in [-0.25, -0.2) is 4.79 Å². The molecule has 1 aromatic rings. The number of benzene rings is 1. The van der Waals surface area contributed by atoms with Crippen LogP contribution in [0.2, 0.25) is 0 Å². The van der Waals surface area contributed by atoms with Crippen LogP contribution in [0.4, 0.5) is 0 Å². The Labute approximate surface area is 101 Å². The highest BCUT2D eigenvalue weighted by atomic mass is 16.5. The van der Waals surface area contributed by atoms with Crippen LogP contribution in [0.1, 0.15) is 32.6 Å². The number of hydrogen-bond donors (Lipinski definition) is 1. The molecule has 0 bridgehead atoms. The van der Waals surface area contributed by atoms with Crippen molar-refractivity contribution in [2.75, 3.05) is 0 Å². The van der Waals surface area contributed by atoms with Gasteiger partial charge in [0.2, 0.25) is 5.60 Å². The van der Waals surface area contributed by atoms with Gasteiger partial charge in [0.1, 0.15) is 5.75 Å². The summed E-state index contributed by atoms with van der Waals surface area (Å²) in [7, 11) is 0. The highest BCUT2D eigenvalue weighted by Crippen LogP contribution is 2.37. The number of hydrogen-bond acceptors (Lipinski definition) is 2. The summed E-state index contributed by atoms with van der Waals surface area (Å²) in [4.78, 5) is 11.6. The lowest BCUT2D eigenvalue weighted by molar-refractivity contribution is -0.163. The van der Waals surface area contributed by atoms with Gasteiger partial charge in [-0.3, -0.25) is 0 Å². The van der Waals surface area contributed by atoms with E-state index in [2.05, 4.69) is 0 Å². The van der Waals surface area contributed by atoms with Crippen LogP contribution in [-0.4, -0.2) is 16.7 Å². The molecular weight excluding hydrogens is 216 g/mol. The van der Waals surface area contributed by atoms with Crippen molar-refractivity contribution in [3.8, 4) is 5.75 Å². The highest BCUT2D eigenvalue weighted by Gasteiger charge is 2.47. The lowest BCUT2D eigenvalue weighted by atomic mass is 9.76. The largest absolute Gasteiger partial charge is 0.478 e. The van der Waals surface area contributed by atoms with Gasteiger partial charge in [-0.2, -0.15) is 0 Å². The van der Waals surface area contributed by atoms with E-state index in [9.17, 15) is 9.90 Å². The first kappa shape index (κ1) is 12.0. The fourth-order valence-corrected chi connectivity index (χ4v) is 2.53. The van der Waals surface area contributed by atoms with Crippen LogP contribution in [0, 0.1) is 5.92 Å². The van der Waals surface area contributed by atoms with Crippen molar-refractivity contribution in [2.24, 2.45) is 5.92 Å². The number of carboxylic acids is 1. The minimum Gasteiger partial charge on any atom is -0.478 e. The Morgan fingerprint density at radius 2 is 2.06 bits per heavy atom. The minimum absolute atomic E-state index is 0.0500. The Morgan fingerprint density at radius 3 is 2.65 bits per heavy atom. The van der Waals surface area contributed by atoms with Crippen molar-refractivity contribution in [1.82, 2.24) is 0 Å². The molecule has 3 heteroatoms. The monoisotopic (exact) mass is 234 g/mol. The molecule has 0 amide bonds. The Hall–Kier alpha value is -1.51. The van der Waals surface area contributed by atoms with E-state index in [0.717, 1.165) is 19.3 Å². The van der Waals surface area contributed by atoms with Gasteiger partial charge in [-0.15, -0.1) is 0 Å². The molecule has 2 unspecified atom stereocenters. The zero-order chi connectivity index (χ0) is 12.3. The maximum absolute atomic E-state index is 11.6. The van der Waals surface area contributed by atoms with Crippen LogP contribution in [0.3, 0.4) is 0 Å². The van der Waals surface area contributed by atoms with Gasteiger partial charge in [-0.05, 0) is 31.4 Å². The average molecular weight is 234 g/mol. The van der Waals surface area contributed by atoms with E-state index in [0.29, 0.717) is 12.2 Å². The third-order valence-corrected chi connectivity index (χ3v) is 3.64. The minimum atomic E-state index is -1.04. The van der Waals surface area contributed by atoms with Crippen LogP contribution < -0.4 is 4.74 Å². The first-order chi connectivity index (χ1) is 8.15. The van der Waals surface area contributed by atoms with Crippen molar-refractivity contribution in [2.45, 2.75) is 38.2 Å². The summed E-state index contributed by atoms with van der Waals surface area (Å²) in [6.45, 7) is 1.97. The van der Waals surface area contributed by atoms with Gasteiger partial charge >= 0.3 is 5.97 Å². The van der Waals surface area contributed by atoms with Crippen LogP contribution in [0.15, 0.2) is 30.3 Å². The van der Waals surface area contributed by atoms with Crippen LogP contribution in [-0.2, 0) is 4.79 Å². The molecule has 1 aromatic carbocycles. The number of carboxylic acid groups (broad SMARTS) is 1. The molecular formula is C14H18O3. The standard InChI is InChI=1S/C14H18O3/c1-11-7-5-6-10-14(11,13(15)16)17-12-8-3-2-4-9-12/h2-4,8-9,11H,5-7,10H2,1H3,(H,15,16). The van der Waals surface area contributed by atoms with Gasteiger partial charge in [0, 0.05) is 5.92 Å². The molecule has 0 radical (unpaired) electrons. The molecule has 2 atom stereocenters. The van der Waals surface area contributed by atoms with E-state index in [-0.39, 0.29) is 5.92 Å². The molecule has 0 saturated heterocycles. The van der Waals surface area contributed by atoms with Crippen molar-refractivity contribution in [3.05, 3.63) is 30.3 Å². The zero-order valence-corrected chi connectivity index (χ0v) is 10.1. The molecule has 17 heavy (non-hydrogen) atoms. The fourth-order valence-electron chi connectivity index (χ4n) is 2.53. The number of para-hydroxylation sites is 1. The predicted molar refractivity (Wildman–Crippen MR) is 65.1 cm³/mol. The predicted octanol–water partition coefficient (Wildman–Crippen LogP) is 3.10. The molecule has 0 spiro atoms. The van der Waals surface area contributed by atoms with E-state index >= 15 is 0 Å². The molecule has 3 nitrogen and oxygen atoms in total. The van der Waals surface area contributed by atoms with Crippen molar-refractivity contribution >= 4 is 5.97 Å². The Kier molecular flexibility index (Phi) is 3.36. The van der Waals surface area contributed by atoms with Crippen LogP contribution >= 0.6 is 0 Å². The molecule has 0 heterocycles. The van der Waals surface area contributed by atoms with Gasteiger partial charge in [0.25, 0.3) is 0 Å². The fraction of sp³-hybridized carbons (Fsp3) is 0.500. The Balaban J connectivity index is 2.25. The van der Waals surface area contributed by atoms with Crippen molar-refractivity contribution in [3.63, 3.8) is 0 Å². The summed E-state index contributed by atoms with van der Waals surface area (Å²) in [6, 6.07) is 9.24. The molecule has 0 aromatic heterocycles. The molecule has 2 rings (SSSR count). The number of carbonyl (C=O) groups is 1. The maximum Gasteiger partial charge on any atom is 0.348 e. The Morgan fingerprint density at radius 1 is 1.35 bits per heavy atom. The molecule has 92 valence electrons. The maximum atomic E-state index is 11.6. The lowest BCUT2D eigenvalue weighted by Gasteiger charge is -2.39. The Bertz CT molecular complexity index is 388. The first-order valence-electron chi connectivity index (χ1n) is 6.12. The summed E-state index contributed by atoms with van der Waals surface area (Å²) in [5.41, 5.74) is -1.04. The highest BCUT2D eigenvalue weighted by molar-refractivity contribution is 5.78. The summed E-state index contributed by atoms with van der Waals surface area (Å²) in [5, 5.41) is 9.50. The third-order valence-electron chi connectivity index (χ3n) is 3.64. The average Bonchev–Trinajstić information content (AvgIpc) is 2.33. The SMILES string of the molecule is CC1CCCCC1(Oc1ccccc1)C(=O)O. The molecule has 1 N–H and O–H groups in total. The molecule has 1 fully saturated rings. The van der Waals surface area contributed by atoms with Gasteiger partial charge < -0.3 is 9.84 Å². The van der Waals surface area contributed by atoms with Gasteiger partial charge in [0.05, 0.1) is 0 Å². The van der Waals surface area contributed by atoms with E-state index in [4.69, 9.17) is 4.74 Å². The molecule has 1 aliphatic rings. The number of ether oxygens (including phenoxy) is 1. The molecule has 1 saturated carbocycles. The second kappa shape index (κ2) is 4.78. The van der Waals surface area contributed by atoms with Gasteiger partial charge in [0.15, 0.2) is 0 Å². The van der Waals surface area contributed by atoms with Crippen LogP contribution in [0.5, 0.6) is 5.75 Å². The first-order valence-corrected chi connectivity index (χ1v) is 6.12. The lowest BCUT2D eigenvalue weighted by Crippen LogP contribution is -2.51. The second-order valence-corrected chi connectivity index (χ2v) is 4.76. The molecule has 0 aliphatic heterocycles. The third kappa shape index (κ3) is 2.28. The summed E-state index contributed by atoms with van der Waals surface area (Å²) < 4.78 is 5.82. The summed E-state index contributed by atoms with van der Waals surface area (Å²) >= 11 is 0. The van der Waals surface area contributed by atoms with E-state index < -0.39 is 11.6 Å². The van der Waals surface area contributed by atoms with Crippen molar-refractivity contribution < 1.29 is 14.6 Å². The topological polar surface area (TPSA) is 46.5 Å². The van der Waals surface area contributed by atoms with Crippen LogP contribution in [0.25, 0.3) is 0 Å². The van der Waals surface area contributed by atoms with Crippen molar-refractivity contribution in [1.29, 1.82) is 0 Å². The van der Waals surface area contributed by atoms with Gasteiger partial charge in [-0.1, -0.05) is 31.5 Å². The molecule has 1 aliphatic carbocycles. The quantitative estimate of drug-likeness (QED) is 0.874. The summed E-state index contributed by atoms with van der Waals surface area (Å²) in [6.07, 6.45) is 3.52. The zero-order valence-electron chi connectivity index (χ0n) is 10.1. The summed E-state index contributed by atoms with van der Waals surface area (Å²) in [5.74, 6) is -0.147. The second-order valence-electron chi connectivity index (χ2n) is 4.76. The smallest absolute Gasteiger partial charge is 0.348 e. The normalized spacial score (nSPS) is 28.6.